The molecule has 0 saturated heterocycles. The zero-order valence-electron chi connectivity index (χ0n) is 24.4. The number of hydrogen-bond donors (Lipinski definition) is 3. The number of thioether (sulfide) groups is 1. The van der Waals surface area contributed by atoms with Gasteiger partial charge in [0.25, 0.3) is 11.8 Å². The Balaban J connectivity index is 1.37. The molecule has 1 atom stereocenters. The highest BCUT2D eigenvalue weighted by Crippen LogP contribution is 2.37. The molecule has 5 aromatic rings. The zero-order chi connectivity index (χ0) is 31.6. The first-order valence-electron chi connectivity index (χ1n) is 14.2. The maximum Gasteiger partial charge on any atom is 0.272 e. The van der Waals surface area contributed by atoms with E-state index in [2.05, 4.69) is 31.9 Å². The van der Waals surface area contributed by atoms with Gasteiger partial charge < -0.3 is 16.0 Å². The van der Waals surface area contributed by atoms with Gasteiger partial charge in [0, 0.05) is 26.3 Å². The van der Waals surface area contributed by atoms with Gasteiger partial charge in [0.1, 0.15) is 10.9 Å². The van der Waals surface area contributed by atoms with Crippen molar-refractivity contribution >= 4 is 62.9 Å². The summed E-state index contributed by atoms with van der Waals surface area (Å²) in [5, 5.41) is 8.16. The molecule has 1 unspecified atom stereocenters. The number of rotatable bonds is 10. The second-order valence-corrected chi connectivity index (χ2v) is 12.3. The monoisotopic (exact) mass is 675 g/mol. The van der Waals surface area contributed by atoms with Crippen LogP contribution in [0, 0.1) is 6.92 Å². The Kier molecular flexibility index (Phi) is 10.6. The smallest absolute Gasteiger partial charge is 0.272 e. The molecule has 0 saturated carbocycles. The van der Waals surface area contributed by atoms with E-state index >= 15 is 0 Å². The van der Waals surface area contributed by atoms with E-state index in [1.807, 2.05) is 110 Å². The van der Waals surface area contributed by atoms with E-state index in [-0.39, 0.29) is 11.6 Å². The molecule has 45 heavy (non-hydrogen) atoms. The summed E-state index contributed by atoms with van der Waals surface area (Å²) in [6, 6.07) is 40.7. The average Bonchev–Trinajstić information content (AvgIpc) is 3.05. The molecular weight excluding hydrogens is 646 g/mol. The van der Waals surface area contributed by atoms with Crippen LogP contribution in [0.4, 0.5) is 11.4 Å². The van der Waals surface area contributed by atoms with Crippen LogP contribution in [0.1, 0.15) is 32.3 Å². The molecule has 5 rings (SSSR count). The highest BCUT2D eigenvalue weighted by molar-refractivity contribution is 9.10. The number of aryl methyl sites for hydroxylation is 1. The summed E-state index contributed by atoms with van der Waals surface area (Å²) in [5.74, 6) is -1.05. The summed E-state index contributed by atoms with van der Waals surface area (Å²) < 4.78 is 0.842. The van der Waals surface area contributed by atoms with Crippen LogP contribution < -0.4 is 16.0 Å². The van der Waals surface area contributed by atoms with E-state index in [1.54, 1.807) is 36.4 Å². The van der Waals surface area contributed by atoms with Gasteiger partial charge in [-0.25, -0.2) is 0 Å². The van der Waals surface area contributed by atoms with Gasteiger partial charge in [-0.2, -0.15) is 0 Å². The lowest BCUT2D eigenvalue weighted by Crippen LogP contribution is -2.30. The summed E-state index contributed by atoms with van der Waals surface area (Å²) in [6.45, 7) is 2.00. The Morgan fingerprint density at radius 2 is 1.40 bits per heavy atom. The first-order valence-corrected chi connectivity index (χ1v) is 15.9. The normalized spacial score (nSPS) is 11.7. The summed E-state index contributed by atoms with van der Waals surface area (Å²) in [5.41, 5.74) is 4.44. The third kappa shape index (κ3) is 9.04. The van der Waals surface area contributed by atoms with Gasteiger partial charge >= 0.3 is 0 Å². The third-order valence-electron chi connectivity index (χ3n) is 6.69. The molecule has 0 aliphatic carbocycles. The number of amides is 3. The standard InChI is InChI=1S/C37H30BrN3O3S/c1-25-18-20-30(21-19-25)39-37(44)34(27-11-4-2-5-12-27)45-32-17-9-16-31(24-32)40-36(43)33(23-26-10-8-15-29(38)22-26)41-35(42)28-13-6-3-7-14-28/h2-24,34H,1H3,(H,39,44)(H,40,43)(H,41,42)/b33-23+. The van der Waals surface area contributed by atoms with Gasteiger partial charge in [0.2, 0.25) is 5.91 Å². The fourth-order valence-electron chi connectivity index (χ4n) is 4.43. The molecule has 3 N–H and O–H groups in total. The molecule has 0 aromatic heterocycles. The molecule has 6 nitrogen and oxygen atoms in total. The fraction of sp³-hybridized carbons (Fsp3) is 0.0541. The lowest BCUT2D eigenvalue weighted by atomic mass is 10.1. The van der Waals surface area contributed by atoms with E-state index in [0.29, 0.717) is 11.3 Å². The molecule has 0 fully saturated rings. The maximum atomic E-state index is 13.6. The lowest BCUT2D eigenvalue weighted by Gasteiger charge is -2.18. The number of carbonyl (C=O) groups excluding carboxylic acids is 3. The van der Waals surface area contributed by atoms with Crippen LogP contribution in [0.15, 0.2) is 149 Å². The van der Waals surface area contributed by atoms with Crippen LogP contribution in [-0.4, -0.2) is 17.7 Å². The molecular formula is C37H30BrN3O3S. The molecule has 0 aliphatic heterocycles. The topological polar surface area (TPSA) is 87.3 Å². The van der Waals surface area contributed by atoms with E-state index in [0.717, 1.165) is 31.7 Å². The molecule has 3 amide bonds. The summed E-state index contributed by atoms with van der Waals surface area (Å²) in [6.07, 6.45) is 1.63. The Labute approximate surface area is 275 Å². The SMILES string of the molecule is Cc1ccc(NC(=O)C(Sc2cccc(NC(=O)/C(=C\c3cccc(Br)c3)NC(=O)c3ccccc3)c2)c2ccccc2)cc1. The second-order valence-electron chi connectivity index (χ2n) is 10.2. The zero-order valence-corrected chi connectivity index (χ0v) is 26.8. The molecule has 8 heteroatoms. The van der Waals surface area contributed by atoms with Crippen molar-refractivity contribution in [3.05, 3.63) is 166 Å². The summed E-state index contributed by atoms with van der Waals surface area (Å²) >= 11 is 4.84. The Bertz CT molecular complexity index is 1830. The molecule has 0 bridgehead atoms. The van der Waals surface area contributed by atoms with Crippen molar-refractivity contribution < 1.29 is 14.4 Å². The van der Waals surface area contributed by atoms with Crippen molar-refractivity contribution in [3.63, 3.8) is 0 Å². The van der Waals surface area contributed by atoms with Gasteiger partial charge in [-0.05, 0) is 78.7 Å². The van der Waals surface area contributed by atoms with Gasteiger partial charge in [-0.1, -0.05) is 100 Å². The molecule has 0 aliphatic rings. The molecule has 0 heterocycles. The van der Waals surface area contributed by atoms with Crippen LogP contribution in [0.2, 0.25) is 0 Å². The third-order valence-corrected chi connectivity index (χ3v) is 8.44. The fourth-order valence-corrected chi connectivity index (χ4v) is 5.93. The van der Waals surface area contributed by atoms with Gasteiger partial charge in [0.15, 0.2) is 0 Å². The Morgan fingerprint density at radius 3 is 2.11 bits per heavy atom. The molecule has 0 radical (unpaired) electrons. The first-order chi connectivity index (χ1) is 21.8. The number of benzene rings is 5. The Morgan fingerprint density at radius 1 is 0.711 bits per heavy atom. The van der Waals surface area contributed by atoms with Crippen LogP contribution >= 0.6 is 27.7 Å². The molecule has 5 aromatic carbocycles. The van der Waals surface area contributed by atoms with E-state index in [4.69, 9.17) is 0 Å². The predicted molar refractivity (Wildman–Crippen MR) is 186 cm³/mol. The Hall–Kier alpha value is -4.92. The largest absolute Gasteiger partial charge is 0.325 e. The van der Waals surface area contributed by atoms with Crippen molar-refractivity contribution in [2.45, 2.75) is 17.1 Å². The van der Waals surface area contributed by atoms with Crippen molar-refractivity contribution in [1.29, 1.82) is 0 Å². The molecule has 224 valence electrons. The highest BCUT2D eigenvalue weighted by atomic mass is 79.9. The van der Waals surface area contributed by atoms with E-state index < -0.39 is 17.1 Å². The van der Waals surface area contributed by atoms with Gasteiger partial charge in [-0.3, -0.25) is 14.4 Å². The maximum absolute atomic E-state index is 13.6. The van der Waals surface area contributed by atoms with Crippen LogP contribution in [0.3, 0.4) is 0 Å². The second kappa shape index (κ2) is 15.2. The van der Waals surface area contributed by atoms with Gasteiger partial charge in [-0.15, -0.1) is 11.8 Å². The van der Waals surface area contributed by atoms with Crippen LogP contribution in [0.25, 0.3) is 6.08 Å². The van der Waals surface area contributed by atoms with Crippen LogP contribution in [0.5, 0.6) is 0 Å². The number of anilines is 2. The molecule has 0 spiro atoms. The van der Waals surface area contributed by atoms with Crippen molar-refractivity contribution in [2.24, 2.45) is 0 Å². The van der Waals surface area contributed by atoms with Crippen molar-refractivity contribution in [1.82, 2.24) is 5.32 Å². The number of halogens is 1. The van der Waals surface area contributed by atoms with Crippen molar-refractivity contribution in [2.75, 3.05) is 10.6 Å². The quantitative estimate of drug-likeness (QED) is 0.102. The van der Waals surface area contributed by atoms with Crippen LogP contribution in [-0.2, 0) is 9.59 Å². The van der Waals surface area contributed by atoms with E-state index in [1.165, 1.54) is 11.8 Å². The summed E-state index contributed by atoms with van der Waals surface area (Å²) in [7, 11) is 0. The minimum atomic E-state index is -0.546. The van der Waals surface area contributed by atoms with Crippen molar-refractivity contribution in [3.8, 4) is 0 Å². The number of carbonyl (C=O) groups is 3. The minimum absolute atomic E-state index is 0.0830. The highest BCUT2D eigenvalue weighted by Gasteiger charge is 2.23. The average molecular weight is 677 g/mol. The van der Waals surface area contributed by atoms with Gasteiger partial charge in [0.05, 0.1) is 0 Å². The lowest BCUT2D eigenvalue weighted by molar-refractivity contribution is -0.116. The number of hydrogen-bond acceptors (Lipinski definition) is 4. The number of nitrogens with one attached hydrogen (secondary N) is 3. The summed E-state index contributed by atoms with van der Waals surface area (Å²) in [4.78, 5) is 40.9. The predicted octanol–water partition coefficient (Wildman–Crippen LogP) is 8.64. The van der Waals surface area contributed by atoms with E-state index in [9.17, 15) is 14.4 Å². The minimum Gasteiger partial charge on any atom is -0.325 e. The first kappa shape index (κ1) is 31.5.